The van der Waals surface area contributed by atoms with Gasteiger partial charge in [-0.05, 0) is 32.3 Å². The molecular formula is C15H21NS. The molecule has 1 aromatic rings. The van der Waals surface area contributed by atoms with Crippen LogP contribution < -0.4 is 0 Å². The van der Waals surface area contributed by atoms with Crippen LogP contribution in [0.25, 0.3) is 6.08 Å². The zero-order valence-electron chi connectivity index (χ0n) is 10.7. The van der Waals surface area contributed by atoms with Gasteiger partial charge in [0.25, 0.3) is 0 Å². The van der Waals surface area contributed by atoms with E-state index in [1.165, 1.54) is 10.6 Å². The van der Waals surface area contributed by atoms with E-state index in [9.17, 15) is 0 Å². The van der Waals surface area contributed by atoms with Crippen LogP contribution in [0.2, 0.25) is 0 Å². The van der Waals surface area contributed by atoms with Gasteiger partial charge in [0.15, 0.2) is 0 Å². The maximum atomic E-state index is 4.50. The summed E-state index contributed by atoms with van der Waals surface area (Å²) in [4.78, 5) is 5.79. The van der Waals surface area contributed by atoms with Gasteiger partial charge in [-0.25, -0.2) is 4.98 Å². The van der Waals surface area contributed by atoms with Crippen molar-refractivity contribution in [2.75, 3.05) is 0 Å². The molecule has 0 amide bonds. The molecule has 1 nitrogen and oxygen atoms in total. The first kappa shape index (κ1) is 13.9. The molecule has 2 heteroatoms. The number of rotatable bonds is 7. The fourth-order valence-corrected chi connectivity index (χ4v) is 2.50. The van der Waals surface area contributed by atoms with E-state index >= 15 is 0 Å². The van der Waals surface area contributed by atoms with E-state index in [1.807, 2.05) is 11.6 Å². The summed E-state index contributed by atoms with van der Waals surface area (Å²) in [6.07, 6.45) is 13.9. The summed E-state index contributed by atoms with van der Waals surface area (Å²) in [5, 5.41) is 0. The van der Waals surface area contributed by atoms with Crippen LogP contribution in [0.5, 0.6) is 0 Å². The van der Waals surface area contributed by atoms with Gasteiger partial charge >= 0.3 is 0 Å². The summed E-state index contributed by atoms with van der Waals surface area (Å²) in [5.74, 6) is 0.449. The first-order chi connectivity index (χ1) is 8.33. The molecule has 0 bridgehead atoms. The van der Waals surface area contributed by atoms with Crippen LogP contribution in [0.4, 0.5) is 0 Å². The molecule has 1 rings (SSSR count). The molecule has 0 aliphatic rings. The Morgan fingerprint density at radius 1 is 1.47 bits per heavy atom. The van der Waals surface area contributed by atoms with Gasteiger partial charge < -0.3 is 0 Å². The molecule has 1 unspecified atom stereocenters. The number of nitrogens with zero attached hydrogens (tertiary/aromatic N) is 1. The summed E-state index contributed by atoms with van der Waals surface area (Å²) in [6.45, 7) is 7.99. The van der Waals surface area contributed by atoms with Crippen molar-refractivity contribution in [1.82, 2.24) is 4.98 Å². The summed E-state index contributed by atoms with van der Waals surface area (Å²) in [7, 11) is 0. The van der Waals surface area contributed by atoms with Crippen molar-refractivity contribution < 1.29 is 0 Å². The molecule has 0 fully saturated rings. The molecule has 1 heterocycles. The fraction of sp³-hybridized carbons (Fsp3) is 0.400. The Hall–Kier alpha value is -1.15. The van der Waals surface area contributed by atoms with Crippen LogP contribution in [-0.2, 0) is 0 Å². The number of thiazole rings is 1. The Kier molecular flexibility index (Phi) is 6.56. The number of allylic oxidation sites excluding steroid dienone is 4. The number of unbranched alkanes of at least 4 members (excludes halogenated alkanes) is 1. The zero-order chi connectivity index (χ0) is 12.5. The van der Waals surface area contributed by atoms with Crippen molar-refractivity contribution in [2.45, 2.75) is 39.0 Å². The highest BCUT2D eigenvalue weighted by atomic mass is 32.1. The number of hydrogen-bond donors (Lipinski definition) is 0. The molecular weight excluding hydrogens is 226 g/mol. The highest BCUT2D eigenvalue weighted by Crippen LogP contribution is 2.27. The van der Waals surface area contributed by atoms with E-state index in [1.54, 1.807) is 11.3 Å². The molecule has 0 saturated heterocycles. The molecule has 0 aliphatic carbocycles. The average Bonchev–Trinajstić information content (AvgIpc) is 2.80. The predicted molar refractivity (Wildman–Crippen MR) is 78.4 cm³/mol. The fourth-order valence-electron chi connectivity index (χ4n) is 1.72. The van der Waals surface area contributed by atoms with Gasteiger partial charge in [-0.15, -0.1) is 17.9 Å². The van der Waals surface area contributed by atoms with Crippen LogP contribution in [0.15, 0.2) is 36.4 Å². The van der Waals surface area contributed by atoms with Gasteiger partial charge in [-0.1, -0.05) is 31.2 Å². The summed E-state index contributed by atoms with van der Waals surface area (Å²) < 4.78 is 0. The monoisotopic (exact) mass is 247 g/mol. The van der Waals surface area contributed by atoms with Crippen LogP contribution in [0.1, 0.15) is 49.6 Å². The smallest absolute Gasteiger partial charge is 0.0801 e. The van der Waals surface area contributed by atoms with Gasteiger partial charge in [-0.3, -0.25) is 0 Å². The SMILES string of the molecule is C=CCC/C=C/c1scnc1C(/C=C\C)CC. The Morgan fingerprint density at radius 2 is 2.29 bits per heavy atom. The summed E-state index contributed by atoms with van der Waals surface area (Å²) in [5.41, 5.74) is 3.15. The lowest BCUT2D eigenvalue weighted by atomic mass is 10.0. The standard InChI is InChI=1S/C15H21NS/c1-4-7-8-9-11-14-15(16-12-17-14)13(6-3)10-5-2/h4-5,9-13H,1,6-8H2,2-3H3/b10-5-,11-9+. The summed E-state index contributed by atoms with van der Waals surface area (Å²) >= 11 is 1.72. The van der Waals surface area contributed by atoms with Crippen LogP contribution in [0, 0.1) is 0 Å². The highest BCUT2D eigenvalue weighted by Gasteiger charge is 2.11. The van der Waals surface area contributed by atoms with Crippen molar-refractivity contribution >= 4 is 17.4 Å². The molecule has 0 radical (unpaired) electrons. The molecule has 0 N–H and O–H groups in total. The highest BCUT2D eigenvalue weighted by molar-refractivity contribution is 7.10. The van der Waals surface area contributed by atoms with Gasteiger partial charge in [0.2, 0.25) is 0 Å². The van der Waals surface area contributed by atoms with E-state index in [-0.39, 0.29) is 0 Å². The molecule has 0 saturated carbocycles. The van der Waals surface area contributed by atoms with Crippen molar-refractivity contribution in [2.24, 2.45) is 0 Å². The molecule has 17 heavy (non-hydrogen) atoms. The maximum absolute atomic E-state index is 4.50. The van der Waals surface area contributed by atoms with Crippen LogP contribution in [0.3, 0.4) is 0 Å². The Labute approximate surface area is 109 Å². The minimum atomic E-state index is 0.449. The lowest BCUT2D eigenvalue weighted by Crippen LogP contribution is -1.95. The van der Waals surface area contributed by atoms with E-state index in [0.717, 1.165) is 19.3 Å². The third-order valence-electron chi connectivity index (χ3n) is 2.65. The normalized spacial score (nSPS) is 13.5. The minimum Gasteiger partial charge on any atom is -0.248 e. The quantitative estimate of drug-likeness (QED) is 0.477. The second kappa shape index (κ2) is 8.02. The molecule has 0 aromatic carbocycles. The van der Waals surface area contributed by atoms with Crippen LogP contribution >= 0.6 is 11.3 Å². The van der Waals surface area contributed by atoms with Gasteiger partial charge in [-0.2, -0.15) is 0 Å². The number of aromatic nitrogens is 1. The topological polar surface area (TPSA) is 12.9 Å². The predicted octanol–water partition coefficient (Wildman–Crippen LogP) is 5.19. The molecule has 1 atom stereocenters. The Balaban J connectivity index is 2.77. The second-order valence-corrected chi connectivity index (χ2v) is 4.80. The minimum absolute atomic E-state index is 0.449. The third kappa shape index (κ3) is 4.31. The lowest BCUT2D eigenvalue weighted by molar-refractivity contribution is 0.779. The molecule has 92 valence electrons. The maximum Gasteiger partial charge on any atom is 0.0801 e. The van der Waals surface area contributed by atoms with E-state index in [0.29, 0.717) is 5.92 Å². The van der Waals surface area contributed by atoms with Gasteiger partial charge in [0, 0.05) is 5.92 Å². The Bertz CT molecular complexity index is 387. The molecule has 0 aliphatic heterocycles. The van der Waals surface area contributed by atoms with Crippen molar-refractivity contribution in [3.63, 3.8) is 0 Å². The third-order valence-corrected chi connectivity index (χ3v) is 3.46. The first-order valence-corrected chi connectivity index (χ1v) is 7.05. The summed E-state index contributed by atoms with van der Waals surface area (Å²) in [6, 6.07) is 0. The van der Waals surface area contributed by atoms with Crippen molar-refractivity contribution in [3.8, 4) is 0 Å². The molecule has 0 spiro atoms. The first-order valence-electron chi connectivity index (χ1n) is 6.17. The van der Waals surface area contributed by atoms with E-state index in [4.69, 9.17) is 0 Å². The van der Waals surface area contributed by atoms with Crippen LogP contribution in [-0.4, -0.2) is 4.98 Å². The van der Waals surface area contributed by atoms with Crippen molar-refractivity contribution in [3.05, 3.63) is 47.0 Å². The van der Waals surface area contributed by atoms with Gasteiger partial charge in [0.1, 0.15) is 0 Å². The second-order valence-electron chi connectivity index (χ2n) is 3.91. The van der Waals surface area contributed by atoms with E-state index < -0.39 is 0 Å². The van der Waals surface area contributed by atoms with Crippen molar-refractivity contribution in [1.29, 1.82) is 0 Å². The average molecular weight is 247 g/mol. The number of hydrogen-bond acceptors (Lipinski definition) is 2. The zero-order valence-corrected chi connectivity index (χ0v) is 11.5. The molecule has 1 aromatic heterocycles. The Morgan fingerprint density at radius 3 is 2.94 bits per heavy atom. The van der Waals surface area contributed by atoms with E-state index in [2.05, 4.69) is 49.7 Å². The van der Waals surface area contributed by atoms with Gasteiger partial charge in [0.05, 0.1) is 16.1 Å². The largest absolute Gasteiger partial charge is 0.248 e. The lowest BCUT2D eigenvalue weighted by Gasteiger charge is -2.07.